The van der Waals surface area contributed by atoms with Crippen molar-refractivity contribution in [1.29, 1.82) is 0 Å². The molecule has 1 aromatic rings. The third-order valence-corrected chi connectivity index (χ3v) is 4.69. The van der Waals surface area contributed by atoms with Gasteiger partial charge in [-0.25, -0.2) is 0 Å². The molecule has 0 aromatic heterocycles. The molecular weight excluding hydrogens is 250 g/mol. The Morgan fingerprint density at radius 1 is 1.33 bits per heavy atom. The van der Waals surface area contributed by atoms with E-state index in [0.717, 1.165) is 24.9 Å². The smallest absolute Gasteiger partial charge is 0.297 e. The summed E-state index contributed by atoms with van der Waals surface area (Å²) in [6.45, 7) is 3.18. The molecule has 100 valence electrons. The Hall–Kier alpha value is -0.910. The SMILES string of the molecule is Cc1ccc(S(=O)(=O)OC[C@H]2CCCN2C)cc1. The van der Waals surface area contributed by atoms with Gasteiger partial charge >= 0.3 is 0 Å². The highest BCUT2D eigenvalue weighted by Gasteiger charge is 2.24. The zero-order chi connectivity index (χ0) is 13.2. The fourth-order valence-electron chi connectivity index (χ4n) is 2.13. The van der Waals surface area contributed by atoms with Crippen molar-refractivity contribution in [2.75, 3.05) is 20.2 Å². The summed E-state index contributed by atoms with van der Waals surface area (Å²) < 4.78 is 29.1. The molecule has 0 N–H and O–H groups in total. The molecule has 1 saturated heterocycles. The number of nitrogens with zero attached hydrogens (tertiary/aromatic N) is 1. The second-order valence-corrected chi connectivity index (χ2v) is 6.44. The maximum atomic E-state index is 12.0. The molecule has 1 fully saturated rings. The predicted octanol–water partition coefficient (Wildman–Crippen LogP) is 1.79. The largest absolute Gasteiger partial charge is 0.301 e. The summed E-state index contributed by atoms with van der Waals surface area (Å²) in [4.78, 5) is 2.37. The lowest BCUT2D eigenvalue weighted by atomic mass is 10.2. The lowest BCUT2D eigenvalue weighted by Crippen LogP contribution is -2.30. The average molecular weight is 269 g/mol. The first-order valence-electron chi connectivity index (χ1n) is 6.15. The molecule has 1 aliphatic rings. The number of rotatable bonds is 4. The molecule has 0 aliphatic carbocycles. The number of likely N-dealkylation sites (N-methyl/N-ethyl adjacent to an activating group) is 1. The number of likely N-dealkylation sites (tertiary alicyclic amines) is 1. The second kappa shape index (κ2) is 5.38. The first-order valence-corrected chi connectivity index (χ1v) is 7.56. The normalized spacial score (nSPS) is 21.3. The summed E-state index contributed by atoms with van der Waals surface area (Å²) in [6.07, 6.45) is 2.11. The number of benzene rings is 1. The fraction of sp³-hybridized carbons (Fsp3) is 0.538. The van der Waals surface area contributed by atoms with Crippen LogP contribution < -0.4 is 0 Å². The maximum absolute atomic E-state index is 12.0. The van der Waals surface area contributed by atoms with Gasteiger partial charge in [0.05, 0.1) is 11.5 Å². The molecule has 0 unspecified atom stereocenters. The van der Waals surface area contributed by atoms with Gasteiger partial charge in [0.25, 0.3) is 10.1 Å². The minimum Gasteiger partial charge on any atom is -0.301 e. The Kier molecular flexibility index (Phi) is 4.04. The van der Waals surface area contributed by atoms with Crippen LogP contribution in [-0.4, -0.2) is 39.6 Å². The van der Waals surface area contributed by atoms with Crippen molar-refractivity contribution in [1.82, 2.24) is 4.90 Å². The first kappa shape index (κ1) is 13.5. The van der Waals surface area contributed by atoms with Gasteiger partial charge in [-0.1, -0.05) is 17.7 Å². The van der Waals surface area contributed by atoms with Gasteiger partial charge in [-0.2, -0.15) is 8.42 Å². The van der Waals surface area contributed by atoms with Gasteiger partial charge < -0.3 is 4.90 Å². The van der Waals surface area contributed by atoms with E-state index < -0.39 is 10.1 Å². The highest BCUT2D eigenvalue weighted by Crippen LogP contribution is 2.18. The maximum Gasteiger partial charge on any atom is 0.297 e. The molecule has 1 aromatic carbocycles. The molecule has 18 heavy (non-hydrogen) atoms. The molecule has 0 bridgehead atoms. The van der Waals surface area contributed by atoms with E-state index in [0.29, 0.717) is 0 Å². The molecule has 0 saturated carbocycles. The molecule has 2 rings (SSSR count). The highest BCUT2D eigenvalue weighted by atomic mass is 32.2. The van der Waals surface area contributed by atoms with Crippen molar-refractivity contribution in [3.8, 4) is 0 Å². The molecule has 0 amide bonds. The van der Waals surface area contributed by atoms with Crippen LogP contribution in [0.5, 0.6) is 0 Å². The molecule has 1 heterocycles. The van der Waals surface area contributed by atoms with Crippen LogP contribution in [0.25, 0.3) is 0 Å². The van der Waals surface area contributed by atoms with Gasteiger partial charge in [-0.3, -0.25) is 4.18 Å². The molecule has 1 atom stereocenters. The van der Waals surface area contributed by atoms with E-state index in [9.17, 15) is 8.42 Å². The number of hydrogen-bond donors (Lipinski definition) is 0. The van der Waals surface area contributed by atoms with Crippen LogP contribution in [0, 0.1) is 6.92 Å². The minimum atomic E-state index is -3.61. The lowest BCUT2D eigenvalue weighted by Gasteiger charge is -2.18. The third-order valence-electron chi connectivity index (χ3n) is 3.40. The van der Waals surface area contributed by atoms with Crippen molar-refractivity contribution in [2.45, 2.75) is 30.7 Å². The molecule has 4 nitrogen and oxygen atoms in total. The zero-order valence-electron chi connectivity index (χ0n) is 10.8. The van der Waals surface area contributed by atoms with E-state index in [1.54, 1.807) is 24.3 Å². The molecular formula is C13H19NO3S. The fourth-order valence-corrected chi connectivity index (χ4v) is 3.07. The Balaban J connectivity index is 2.01. The van der Waals surface area contributed by atoms with Gasteiger partial charge in [0.15, 0.2) is 0 Å². The molecule has 1 aliphatic heterocycles. The van der Waals surface area contributed by atoms with Crippen LogP contribution in [0.4, 0.5) is 0 Å². The highest BCUT2D eigenvalue weighted by molar-refractivity contribution is 7.86. The summed E-state index contributed by atoms with van der Waals surface area (Å²) >= 11 is 0. The van der Waals surface area contributed by atoms with Gasteiger partial charge in [-0.15, -0.1) is 0 Å². The second-order valence-electron chi connectivity index (χ2n) is 4.83. The van der Waals surface area contributed by atoms with Crippen LogP contribution in [0.2, 0.25) is 0 Å². The third kappa shape index (κ3) is 3.10. The standard InChI is InChI=1S/C13H19NO3S/c1-11-5-7-13(8-6-11)18(15,16)17-10-12-4-3-9-14(12)2/h5-8,12H,3-4,9-10H2,1-2H3/t12-/m1/s1. The topological polar surface area (TPSA) is 46.6 Å². The summed E-state index contributed by atoms with van der Waals surface area (Å²) in [5.41, 5.74) is 1.03. The Bertz CT molecular complexity index is 495. The lowest BCUT2D eigenvalue weighted by molar-refractivity contribution is 0.202. The number of aryl methyl sites for hydroxylation is 1. The van der Waals surface area contributed by atoms with Gasteiger partial charge in [0.1, 0.15) is 0 Å². The van der Waals surface area contributed by atoms with E-state index in [2.05, 4.69) is 4.90 Å². The van der Waals surface area contributed by atoms with Gasteiger partial charge in [-0.05, 0) is 45.5 Å². The summed E-state index contributed by atoms with van der Waals surface area (Å²) in [5, 5.41) is 0. The van der Waals surface area contributed by atoms with Crippen molar-refractivity contribution in [2.24, 2.45) is 0 Å². The van der Waals surface area contributed by atoms with E-state index in [4.69, 9.17) is 4.18 Å². The van der Waals surface area contributed by atoms with Gasteiger partial charge in [0.2, 0.25) is 0 Å². The summed E-state index contributed by atoms with van der Waals surface area (Å²) in [6, 6.07) is 6.94. The van der Waals surface area contributed by atoms with Crippen molar-refractivity contribution in [3.05, 3.63) is 29.8 Å². The average Bonchev–Trinajstić information content (AvgIpc) is 2.73. The van der Waals surface area contributed by atoms with Crippen LogP contribution in [0.15, 0.2) is 29.2 Å². The van der Waals surface area contributed by atoms with Crippen LogP contribution in [0.3, 0.4) is 0 Å². The summed E-state index contributed by atoms with van der Waals surface area (Å²) in [5.74, 6) is 0. The van der Waals surface area contributed by atoms with Crippen molar-refractivity contribution >= 4 is 10.1 Å². The van der Waals surface area contributed by atoms with E-state index in [-0.39, 0.29) is 17.5 Å². The predicted molar refractivity (Wildman–Crippen MR) is 70.0 cm³/mol. The molecule has 5 heteroatoms. The first-order chi connectivity index (χ1) is 8.49. The van der Waals surface area contributed by atoms with Crippen molar-refractivity contribution in [3.63, 3.8) is 0 Å². The minimum absolute atomic E-state index is 0.213. The zero-order valence-corrected chi connectivity index (χ0v) is 11.6. The van der Waals surface area contributed by atoms with Crippen LogP contribution in [-0.2, 0) is 14.3 Å². The quantitative estimate of drug-likeness (QED) is 0.782. The molecule has 0 radical (unpaired) electrons. The van der Waals surface area contributed by atoms with Crippen LogP contribution in [0.1, 0.15) is 18.4 Å². The Labute approximate surface area is 109 Å². The Morgan fingerprint density at radius 3 is 2.56 bits per heavy atom. The Morgan fingerprint density at radius 2 is 2.00 bits per heavy atom. The number of hydrogen-bond acceptors (Lipinski definition) is 4. The molecule has 0 spiro atoms. The van der Waals surface area contributed by atoms with E-state index in [1.165, 1.54) is 0 Å². The van der Waals surface area contributed by atoms with E-state index in [1.807, 2.05) is 14.0 Å². The van der Waals surface area contributed by atoms with Crippen LogP contribution >= 0.6 is 0 Å². The monoisotopic (exact) mass is 269 g/mol. The van der Waals surface area contributed by atoms with E-state index >= 15 is 0 Å². The van der Waals surface area contributed by atoms with Crippen molar-refractivity contribution < 1.29 is 12.6 Å². The summed E-state index contributed by atoms with van der Waals surface area (Å²) in [7, 11) is -1.62. The van der Waals surface area contributed by atoms with Gasteiger partial charge in [0, 0.05) is 6.04 Å².